The van der Waals surface area contributed by atoms with Crippen molar-refractivity contribution in [3.05, 3.63) is 16.5 Å². The monoisotopic (exact) mass is 289 g/mol. The minimum atomic E-state index is -0.150. The molecule has 0 aromatic carbocycles. The van der Waals surface area contributed by atoms with Crippen LogP contribution < -0.4 is 5.32 Å². The lowest BCUT2D eigenvalue weighted by Gasteiger charge is -2.16. The van der Waals surface area contributed by atoms with E-state index in [1.54, 1.807) is 0 Å². The van der Waals surface area contributed by atoms with Crippen LogP contribution in [0.5, 0.6) is 0 Å². The summed E-state index contributed by atoms with van der Waals surface area (Å²) in [6, 6.07) is 1.46. The number of anilines is 1. The van der Waals surface area contributed by atoms with Gasteiger partial charge in [-0.15, -0.1) is 0 Å². The minimum absolute atomic E-state index is 0.00696. The smallest absolute Gasteiger partial charge is 0.231 e. The quantitative estimate of drug-likeness (QED) is 0.686. The van der Waals surface area contributed by atoms with E-state index in [0.29, 0.717) is 12.4 Å². The molecule has 1 fully saturated rings. The fraction of sp³-hybridized carbons (Fsp3) is 0.545. The Kier molecular flexibility index (Phi) is 4.37. The van der Waals surface area contributed by atoms with Crippen LogP contribution in [0.15, 0.2) is 6.07 Å². The number of nitrogens with zero attached hydrogens (tertiary/aromatic N) is 2. The van der Waals surface area contributed by atoms with Crippen LogP contribution in [0.3, 0.4) is 0 Å². The maximum atomic E-state index is 12.1. The normalized spacial score (nSPS) is 23.1. The van der Waals surface area contributed by atoms with Crippen LogP contribution in [0.25, 0.3) is 0 Å². The van der Waals surface area contributed by atoms with Gasteiger partial charge >= 0.3 is 0 Å². The third-order valence-electron chi connectivity index (χ3n) is 2.87. The first-order chi connectivity index (χ1) is 8.60. The van der Waals surface area contributed by atoms with E-state index >= 15 is 0 Å². The van der Waals surface area contributed by atoms with Gasteiger partial charge in [0, 0.05) is 12.7 Å². The molecule has 0 radical (unpaired) electrons. The second-order valence-electron chi connectivity index (χ2n) is 4.05. The molecule has 5 nitrogen and oxygen atoms in total. The Hall–Kier alpha value is -0.910. The maximum Gasteiger partial charge on any atom is 0.231 e. The van der Waals surface area contributed by atoms with Crippen LogP contribution in [0.2, 0.25) is 10.4 Å². The van der Waals surface area contributed by atoms with E-state index in [-0.39, 0.29) is 28.4 Å². The number of nitrogens with one attached hydrogen (secondary N) is 1. The number of hydrogen-bond donors (Lipinski definition) is 1. The molecule has 1 aromatic rings. The summed E-state index contributed by atoms with van der Waals surface area (Å²) in [4.78, 5) is 19.7. The van der Waals surface area contributed by atoms with Gasteiger partial charge in [-0.3, -0.25) is 4.79 Å². The summed E-state index contributed by atoms with van der Waals surface area (Å²) < 4.78 is 5.48. The lowest BCUT2D eigenvalue weighted by Crippen LogP contribution is -2.29. The SMILES string of the molecule is CCC1OCCC1C(=O)Nc1cc(Cl)nc(Cl)n1. The van der Waals surface area contributed by atoms with Gasteiger partial charge in [0.05, 0.1) is 12.0 Å². The predicted octanol–water partition coefficient (Wildman–Crippen LogP) is 2.54. The van der Waals surface area contributed by atoms with E-state index in [4.69, 9.17) is 27.9 Å². The average Bonchev–Trinajstić information content (AvgIpc) is 2.75. The first kappa shape index (κ1) is 13.5. The molecule has 98 valence electrons. The number of hydrogen-bond acceptors (Lipinski definition) is 4. The minimum Gasteiger partial charge on any atom is -0.377 e. The second kappa shape index (κ2) is 5.82. The molecule has 0 spiro atoms. The zero-order chi connectivity index (χ0) is 13.1. The largest absolute Gasteiger partial charge is 0.377 e. The highest BCUT2D eigenvalue weighted by Gasteiger charge is 2.32. The van der Waals surface area contributed by atoms with Gasteiger partial charge in [0.2, 0.25) is 11.2 Å². The molecule has 0 aliphatic carbocycles. The maximum absolute atomic E-state index is 12.1. The highest BCUT2D eigenvalue weighted by molar-refractivity contribution is 6.32. The van der Waals surface area contributed by atoms with E-state index in [0.717, 1.165) is 12.8 Å². The summed E-state index contributed by atoms with van der Waals surface area (Å²) in [5.41, 5.74) is 0. The van der Waals surface area contributed by atoms with Gasteiger partial charge in [0.15, 0.2) is 0 Å². The Bertz CT molecular complexity index is 436. The van der Waals surface area contributed by atoms with Gasteiger partial charge in [0.1, 0.15) is 11.0 Å². The van der Waals surface area contributed by atoms with E-state index in [9.17, 15) is 4.79 Å². The van der Waals surface area contributed by atoms with E-state index in [2.05, 4.69) is 15.3 Å². The van der Waals surface area contributed by atoms with Crippen LogP contribution in [0.4, 0.5) is 5.82 Å². The van der Waals surface area contributed by atoms with Crippen molar-refractivity contribution in [2.24, 2.45) is 5.92 Å². The summed E-state index contributed by atoms with van der Waals surface area (Å²) in [5, 5.41) is 2.89. The molecule has 0 saturated carbocycles. The molecule has 2 atom stereocenters. The fourth-order valence-corrected chi connectivity index (χ4v) is 2.43. The lowest BCUT2D eigenvalue weighted by molar-refractivity contribution is -0.121. The van der Waals surface area contributed by atoms with Gasteiger partial charge in [-0.05, 0) is 24.4 Å². The van der Waals surface area contributed by atoms with Crippen LogP contribution in [-0.2, 0) is 9.53 Å². The highest BCUT2D eigenvalue weighted by Crippen LogP contribution is 2.25. The van der Waals surface area contributed by atoms with Gasteiger partial charge in [0.25, 0.3) is 0 Å². The van der Waals surface area contributed by atoms with Gasteiger partial charge in [-0.1, -0.05) is 18.5 Å². The molecule has 0 bridgehead atoms. The first-order valence-electron chi connectivity index (χ1n) is 5.72. The summed E-state index contributed by atoms with van der Waals surface area (Å²) in [5.74, 6) is 0.0412. The molecule has 1 aliphatic rings. The van der Waals surface area contributed by atoms with Crippen molar-refractivity contribution in [3.63, 3.8) is 0 Å². The number of amides is 1. The number of halogens is 2. The molecule has 2 rings (SSSR count). The van der Waals surface area contributed by atoms with Crippen LogP contribution >= 0.6 is 23.2 Å². The molecule has 1 N–H and O–H groups in total. The van der Waals surface area contributed by atoms with Gasteiger partial charge in [-0.2, -0.15) is 0 Å². The van der Waals surface area contributed by atoms with Crippen LogP contribution in [0.1, 0.15) is 19.8 Å². The molecule has 2 unspecified atom stereocenters. The van der Waals surface area contributed by atoms with Gasteiger partial charge < -0.3 is 10.1 Å². The zero-order valence-electron chi connectivity index (χ0n) is 9.82. The number of carbonyl (C=O) groups is 1. The van der Waals surface area contributed by atoms with Crippen molar-refractivity contribution in [1.82, 2.24) is 9.97 Å². The molecular formula is C11H13Cl2N3O2. The first-order valence-corrected chi connectivity index (χ1v) is 6.48. The number of aromatic nitrogens is 2. The summed E-state index contributed by atoms with van der Waals surface area (Å²) >= 11 is 11.4. The molecule has 1 saturated heterocycles. The highest BCUT2D eigenvalue weighted by atomic mass is 35.5. The Balaban J connectivity index is 2.06. The lowest BCUT2D eigenvalue weighted by atomic mass is 9.99. The summed E-state index contributed by atoms with van der Waals surface area (Å²) in [6.07, 6.45) is 1.50. The number of carbonyl (C=O) groups excluding carboxylic acids is 1. The topological polar surface area (TPSA) is 64.1 Å². The van der Waals surface area contributed by atoms with Crippen molar-refractivity contribution in [2.45, 2.75) is 25.9 Å². The Labute approximate surface area is 115 Å². The molecule has 18 heavy (non-hydrogen) atoms. The van der Waals surface area contributed by atoms with E-state index in [1.807, 2.05) is 6.92 Å². The van der Waals surface area contributed by atoms with Crippen molar-refractivity contribution in [2.75, 3.05) is 11.9 Å². The van der Waals surface area contributed by atoms with E-state index in [1.165, 1.54) is 6.07 Å². The van der Waals surface area contributed by atoms with Crippen molar-refractivity contribution < 1.29 is 9.53 Å². The molecule has 1 amide bonds. The Morgan fingerprint density at radius 2 is 2.33 bits per heavy atom. The molecular weight excluding hydrogens is 277 g/mol. The molecule has 1 aromatic heterocycles. The van der Waals surface area contributed by atoms with Crippen molar-refractivity contribution in [1.29, 1.82) is 0 Å². The third-order valence-corrected chi connectivity index (χ3v) is 3.23. The van der Waals surface area contributed by atoms with Crippen molar-refractivity contribution in [3.8, 4) is 0 Å². The second-order valence-corrected chi connectivity index (χ2v) is 4.77. The summed E-state index contributed by atoms with van der Waals surface area (Å²) in [7, 11) is 0. The van der Waals surface area contributed by atoms with E-state index < -0.39 is 0 Å². The molecule has 2 heterocycles. The van der Waals surface area contributed by atoms with Crippen LogP contribution in [-0.4, -0.2) is 28.6 Å². The fourth-order valence-electron chi connectivity index (χ4n) is 2.02. The zero-order valence-corrected chi connectivity index (χ0v) is 11.3. The van der Waals surface area contributed by atoms with Crippen molar-refractivity contribution >= 4 is 34.9 Å². The molecule has 7 heteroatoms. The third kappa shape index (κ3) is 3.10. The Morgan fingerprint density at radius 1 is 1.56 bits per heavy atom. The van der Waals surface area contributed by atoms with Gasteiger partial charge in [-0.25, -0.2) is 9.97 Å². The average molecular weight is 290 g/mol. The number of ether oxygens (including phenoxy) is 1. The van der Waals surface area contributed by atoms with Crippen LogP contribution in [0, 0.1) is 5.92 Å². The summed E-state index contributed by atoms with van der Waals surface area (Å²) in [6.45, 7) is 2.61. The standard InChI is InChI=1S/C11H13Cl2N3O2/c1-2-7-6(3-4-18-7)10(17)15-9-5-8(12)14-11(13)16-9/h5-7H,2-4H2,1H3,(H,14,15,16,17). The molecule has 1 aliphatic heterocycles. The number of rotatable bonds is 3. The Morgan fingerprint density at radius 3 is 3.00 bits per heavy atom. The predicted molar refractivity (Wildman–Crippen MR) is 68.8 cm³/mol.